The maximum absolute atomic E-state index is 11.0. The summed E-state index contributed by atoms with van der Waals surface area (Å²) in [5.41, 5.74) is 1.84. The third-order valence-corrected chi connectivity index (χ3v) is 2.65. The molecule has 2 heterocycles. The second-order valence-electron chi connectivity index (χ2n) is 3.86. The van der Waals surface area contributed by atoms with Crippen molar-refractivity contribution in [2.75, 3.05) is 5.32 Å². The molecule has 2 aromatic heterocycles. The van der Waals surface area contributed by atoms with Crippen LogP contribution in [0.3, 0.4) is 0 Å². The molecule has 18 heavy (non-hydrogen) atoms. The lowest BCUT2D eigenvalue weighted by Gasteiger charge is -2.07. The highest BCUT2D eigenvalue weighted by molar-refractivity contribution is 5.92. The Balaban J connectivity index is 2.18. The van der Waals surface area contributed by atoms with Gasteiger partial charge in [0.15, 0.2) is 0 Å². The van der Waals surface area contributed by atoms with Crippen LogP contribution in [0.4, 0.5) is 5.82 Å². The average Bonchev–Trinajstić information content (AvgIpc) is 2.67. The van der Waals surface area contributed by atoms with Crippen molar-refractivity contribution in [3.05, 3.63) is 40.9 Å². The van der Waals surface area contributed by atoms with E-state index >= 15 is 0 Å². The Morgan fingerprint density at radius 3 is 2.89 bits per heavy atom. The fourth-order valence-electron chi connectivity index (χ4n) is 1.65. The van der Waals surface area contributed by atoms with Crippen molar-refractivity contribution in [3.63, 3.8) is 0 Å². The van der Waals surface area contributed by atoms with Gasteiger partial charge in [0.1, 0.15) is 17.1 Å². The number of hydrogen-bond donors (Lipinski definition) is 2. The van der Waals surface area contributed by atoms with Gasteiger partial charge < -0.3 is 14.9 Å². The smallest absolute Gasteiger partial charge is 0.339 e. The lowest BCUT2D eigenvalue weighted by atomic mass is 10.2. The van der Waals surface area contributed by atoms with Crippen LogP contribution in [0.2, 0.25) is 0 Å². The van der Waals surface area contributed by atoms with Gasteiger partial charge in [-0.05, 0) is 26.0 Å². The Labute approximate surface area is 104 Å². The van der Waals surface area contributed by atoms with Crippen LogP contribution in [0, 0.1) is 13.8 Å². The Morgan fingerprint density at radius 1 is 1.50 bits per heavy atom. The van der Waals surface area contributed by atoms with E-state index in [1.54, 1.807) is 12.3 Å². The van der Waals surface area contributed by atoms with Crippen molar-refractivity contribution in [1.29, 1.82) is 0 Å². The Kier molecular flexibility index (Phi) is 3.27. The number of pyridine rings is 1. The summed E-state index contributed by atoms with van der Waals surface area (Å²) in [5, 5.41) is 15.8. The highest BCUT2D eigenvalue weighted by Gasteiger charge is 2.13. The summed E-state index contributed by atoms with van der Waals surface area (Å²) in [5.74, 6) is 0.0437. The lowest BCUT2D eigenvalue weighted by molar-refractivity contribution is 0.0697. The Bertz CT molecular complexity index is 558. The zero-order valence-corrected chi connectivity index (χ0v) is 10.1. The fraction of sp³-hybridized carbons (Fsp3) is 0.250. The average molecular weight is 247 g/mol. The highest BCUT2D eigenvalue weighted by atomic mass is 16.5. The minimum absolute atomic E-state index is 0.143. The lowest BCUT2D eigenvalue weighted by Crippen LogP contribution is -2.08. The SMILES string of the molecule is Cc1noc(C)c1CNc1ncccc1C(=O)O. The van der Waals surface area contributed by atoms with Crippen LogP contribution in [0.15, 0.2) is 22.9 Å². The first-order chi connectivity index (χ1) is 8.59. The molecule has 0 atom stereocenters. The number of rotatable bonds is 4. The van der Waals surface area contributed by atoms with Crippen LogP contribution in [0.5, 0.6) is 0 Å². The molecule has 6 nitrogen and oxygen atoms in total. The number of aromatic nitrogens is 2. The van der Waals surface area contributed by atoms with Crippen molar-refractivity contribution < 1.29 is 14.4 Å². The molecule has 0 aliphatic heterocycles. The third-order valence-electron chi connectivity index (χ3n) is 2.65. The summed E-state index contributed by atoms with van der Waals surface area (Å²) >= 11 is 0. The van der Waals surface area contributed by atoms with Gasteiger partial charge in [-0.3, -0.25) is 0 Å². The van der Waals surface area contributed by atoms with E-state index in [9.17, 15) is 4.79 Å². The van der Waals surface area contributed by atoms with Crippen molar-refractivity contribution >= 4 is 11.8 Å². The van der Waals surface area contributed by atoms with E-state index in [1.807, 2.05) is 13.8 Å². The standard InChI is InChI=1S/C12H13N3O3/c1-7-10(8(2)18-15-7)6-14-11-9(12(16)17)4-3-5-13-11/h3-5H,6H2,1-2H3,(H,13,14)(H,16,17). The van der Waals surface area contributed by atoms with Crippen LogP contribution < -0.4 is 5.32 Å². The molecular formula is C12H13N3O3. The zero-order valence-electron chi connectivity index (χ0n) is 10.1. The van der Waals surface area contributed by atoms with Crippen molar-refractivity contribution in [1.82, 2.24) is 10.1 Å². The minimum atomic E-state index is -1.01. The second-order valence-corrected chi connectivity index (χ2v) is 3.86. The molecule has 2 N–H and O–H groups in total. The number of aromatic carboxylic acids is 1. The molecule has 94 valence electrons. The van der Waals surface area contributed by atoms with E-state index < -0.39 is 5.97 Å². The van der Waals surface area contributed by atoms with Gasteiger partial charge in [0.2, 0.25) is 0 Å². The van der Waals surface area contributed by atoms with Crippen molar-refractivity contribution in [2.24, 2.45) is 0 Å². The monoisotopic (exact) mass is 247 g/mol. The maximum atomic E-state index is 11.0. The number of hydrogen-bond acceptors (Lipinski definition) is 5. The number of nitrogens with one attached hydrogen (secondary N) is 1. The van der Waals surface area contributed by atoms with E-state index in [0.717, 1.165) is 11.3 Å². The van der Waals surface area contributed by atoms with Gasteiger partial charge in [-0.25, -0.2) is 9.78 Å². The van der Waals surface area contributed by atoms with E-state index in [2.05, 4.69) is 15.5 Å². The number of carboxylic acids is 1. The predicted molar refractivity (Wildman–Crippen MR) is 64.5 cm³/mol. The van der Waals surface area contributed by atoms with E-state index in [0.29, 0.717) is 18.1 Å². The topological polar surface area (TPSA) is 88.3 Å². The summed E-state index contributed by atoms with van der Waals surface area (Å²) in [6, 6.07) is 3.09. The molecule has 0 aromatic carbocycles. The zero-order chi connectivity index (χ0) is 13.1. The van der Waals surface area contributed by atoms with Gasteiger partial charge >= 0.3 is 5.97 Å². The first-order valence-electron chi connectivity index (χ1n) is 5.43. The second kappa shape index (κ2) is 4.87. The van der Waals surface area contributed by atoms with Crippen LogP contribution >= 0.6 is 0 Å². The molecule has 0 bridgehead atoms. The molecule has 6 heteroatoms. The molecular weight excluding hydrogens is 234 g/mol. The Morgan fingerprint density at radius 2 is 2.28 bits per heavy atom. The predicted octanol–water partition coefficient (Wildman–Crippen LogP) is 2.00. The molecule has 0 spiro atoms. The molecule has 0 fully saturated rings. The van der Waals surface area contributed by atoms with Crippen molar-refractivity contribution in [2.45, 2.75) is 20.4 Å². The number of carboxylic acid groups (broad SMARTS) is 1. The van der Waals surface area contributed by atoms with E-state index in [4.69, 9.17) is 9.63 Å². The van der Waals surface area contributed by atoms with E-state index in [-0.39, 0.29) is 5.56 Å². The largest absolute Gasteiger partial charge is 0.478 e. The number of aryl methyl sites for hydroxylation is 2. The van der Waals surface area contributed by atoms with Gasteiger partial charge in [0.25, 0.3) is 0 Å². The molecule has 0 saturated heterocycles. The molecule has 2 aromatic rings. The number of carbonyl (C=O) groups is 1. The Hall–Kier alpha value is -2.37. The first kappa shape index (κ1) is 12.1. The first-order valence-corrected chi connectivity index (χ1v) is 5.43. The minimum Gasteiger partial charge on any atom is -0.478 e. The summed E-state index contributed by atoms with van der Waals surface area (Å²) in [6.07, 6.45) is 1.54. The molecule has 0 radical (unpaired) electrons. The van der Waals surface area contributed by atoms with Gasteiger partial charge in [-0.1, -0.05) is 5.16 Å². The molecule has 0 aliphatic rings. The number of anilines is 1. The van der Waals surface area contributed by atoms with Crippen molar-refractivity contribution in [3.8, 4) is 0 Å². The summed E-state index contributed by atoms with van der Waals surface area (Å²) in [4.78, 5) is 15.0. The maximum Gasteiger partial charge on any atom is 0.339 e. The molecule has 0 unspecified atom stereocenters. The van der Waals surface area contributed by atoms with Crippen LogP contribution in [0.1, 0.15) is 27.4 Å². The van der Waals surface area contributed by atoms with Gasteiger partial charge in [0, 0.05) is 18.3 Å². The van der Waals surface area contributed by atoms with Crippen LogP contribution in [-0.4, -0.2) is 21.2 Å². The highest BCUT2D eigenvalue weighted by Crippen LogP contribution is 2.16. The molecule has 0 amide bonds. The van der Waals surface area contributed by atoms with Gasteiger partial charge in [-0.15, -0.1) is 0 Å². The normalized spacial score (nSPS) is 10.3. The molecule has 2 rings (SSSR count). The van der Waals surface area contributed by atoms with E-state index in [1.165, 1.54) is 6.07 Å². The summed E-state index contributed by atoms with van der Waals surface area (Å²) < 4.78 is 5.03. The quantitative estimate of drug-likeness (QED) is 0.859. The van der Waals surface area contributed by atoms with Gasteiger partial charge in [0.05, 0.1) is 5.69 Å². The van der Waals surface area contributed by atoms with Crippen LogP contribution in [0.25, 0.3) is 0 Å². The fourth-order valence-corrected chi connectivity index (χ4v) is 1.65. The summed E-state index contributed by atoms with van der Waals surface area (Å²) in [6.45, 7) is 4.08. The van der Waals surface area contributed by atoms with Gasteiger partial charge in [-0.2, -0.15) is 0 Å². The molecule has 0 saturated carbocycles. The molecule has 0 aliphatic carbocycles. The van der Waals surface area contributed by atoms with Crippen LogP contribution in [-0.2, 0) is 6.54 Å². The third kappa shape index (κ3) is 2.32. The number of nitrogens with zero attached hydrogens (tertiary/aromatic N) is 2. The summed E-state index contributed by atoms with van der Waals surface area (Å²) in [7, 11) is 0.